The highest BCUT2D eigenvalue weighted by molar-refractivity contribution is 7.92. The molecule has 1 fully saturated rings. The van der Waals surface area contributed by atoms with Crippen LogP contribution >= 0.6 is 11.3 Å². The predicted molar refractivity (Wildman–Crippen MR) is 139 cm³/mol. The summed E-state index contributed by atoms with van der Waals surface area (Å²) in [6, 6.07) is 9.28. The lowest BCUT2D eigenvalue weighted by Crippen LogP contribution is -2.22. The third-order valence-corrected chi connectivity index (χ3v) is 8.54. The first kappa shape index (κ1) is 25.9. The molecule has 2 heterocycles. The summed E-state index contributed by atoms with van der Waals surface area (Å²) < 4.78 is 39.8. The smallest absolute Gasteiger partial charge is 0.265 e. The van der Waals surface area contributed by atoms with E-state index in [0.29, 0.717) is 53.2 Å². The van der Waals surface area contributed by atoms with Crippen LogP contribution in [0.5, 0.6) is 11.5 Å². The van der Waals surface area contributed by atoms with Crippen molar-refractivity contribution in [1.29, 1.82) is 0 Å². The van der Waals surface area contributed by atoms with E-state index in [1.165, 1.54) is 42.7 Å². The summed E-state index contributed by atoms with van der Waals surface area (Å²) in [6.07, 6.45) is 2.16. The number of anilines is 2. The number of methoxy groups -OCH3 is 1. The van der Waals surface area contributed by atoms with Crippen LogP contribution in [0.3, 0.4) is 0 Å². The number of aromatic nitrogens is 1. The number of nitrogens with one attached hydrogen (secondary N) is 2. The second-order valence-electron chi connectivity index (χ2n) is 8.71. The van der Waals surface area contributed by atoms with Gasteiger partial charge in [0.15, 0.2) is 5.13 Å². The molecular formula is C25H29N3O6S2. The van der Waals surface area contributed by atoms with Crippen LogP contribution in [0.4, 0.5) is 10.8 Å². The number of carbonyl (C=O) groups is 1. The molecule has 9 nitrogen and oxygen atoms in total. The second kappa shape index (κ2) is 10.9. The Morgan fingerprint density at radius 3 is 2.64 bits per heavy atom. The minimum Gasteiger partial charge on any atom is -0.508 e. The van der Waals surface area contributed by atoms with Crippen LogP contribution in [-0.2, 0) is 19.6 Å². The Hall–Kier alpha value is -3.15. The number of phenols is 1. The summed E-state index contributed by atoms with van der Waals surface area (Å²) in [5, 5.41) is 13.0. The SMILES string of the molecule is COc1ccc(-c2sc(NC(=O)CC3CCOCC3)nc2C)cc1S(=O)(=O)Nc1ccc(O)cc1C. The number of rotatable bonds is 8. The van der Waals surface area contributed by atoms with Crippen LogP contribution in [0, 0.1) is 19.8 Å². The molecule has 0 saturated carbocycles. The van der Waals surface area contributed by atoms with Gasteiger partial charge in [0.05, 0.1) is 23.4 Å². The number of aryl methyl sites for hydroxylation is 2. The summed E-state index contributed by atoms with van der Waals surface area (Å²) >= 11 is 1.29. The maximum Gasteiger partial charge on any atom is 0.265 e. The van der Waals surface area contributed by atoms with Gasteiger partial charge in [-0.3, -0.25) is 9.52 Å². The molecule has 192 valence electrons. The van der Waals surface area contributed by atoms with Crippen molar-refractivity contribution >= 4 is 38.1 Å². The molecule has 1 aromatic heterocycles. The first-order valence-corrected chi connectivity index (χ1v) is 13.8. The molecule has 1 saturated heterocycles. The summed E-state index contributed by atoms with van der Waals surface area (Å²) in [5.74, 6) is 0.452. The fourth-order valence-electron chi connectivity index (χ4n) is 4.09. The number of carbonyl (C=O) groups excluding carboxylic acids is 1. The molecule has 11 heteroatoms. The molecule has 3 N–H and O–H groups in total. The van der Waals surface area contributed by atoms with Gasteiger partial charge in [-0.2, -0.15) is 0 Å². The quantitative estimate of drug-likeness (QED) is 0.360. The number of hydrogen-bond acceptors (Lipinski definition) is 8. The Morgan fingerprint density at radius 2 is 1.94 bits per heavy atom. The maximum absolute atomic E-state index is 13.3. The molecule has 0 radical (unpaired) electrons. The molecule has 4 rings (SSSR count). The molecule has 0 unspecified atom stereocenters. The first-order valence-electron chi connectivity index (χ1n) is 11.5. The Kier molecular flexibility index (Phi) is 7.82. The predicted octanol–water partition coefficient (Wildman–Crippen LogP) is 4.70. The lowest BCUT2D eigenvalue weighted by Gasteiger charge is -2.20. The maximum atomic E-state index is 13.3. The van der Waals surface area contributed by atoms with Gasteiger partial charge in [-0.25, -0.2) is 13.4 Å². The van der Waals surface area contributed by atoms with E-state index < -0.39 is 10.0 Å². The van der Waals surface area contributed by atoms with Crippen molar-refractivity contribution in [2.24, 2.45) is 5.92 Å². The van der Waals surface area contributed by atoms with Crippen LogP contribution in [0.25, 0.3) is 10.4 Å². The van der Waals surface area contributed by atoms with E-state index in [4.69, 9.17) is 9.47 Å². The zero-order valence-corrected chi connectivity index (χ0v) is 22.0. The third kappa shape index (κ3) is 5.97. The van der Waals surface area contributed by atoms with Gasteiger partial charge < -0.3 is 19.9 Å². The largest absolute Gasteiger partial charge is 0.508 e. The van der Waals surface area contributed by atoms with Gasteiger partial charge in [0, 0.05) is 19.6 Å². The van der Waals surface area contributed by atoms with Crippen LogP contribution in [0.2, 0.25) is 0 Å². The van der Waals surface area contributed by atoms with Crippen LogP contribution in [0.1, 0.15) is 30.5 Å². The van der Waals surface area contributed by atoms with Gasteiger partial charge in [0.25, 0.3) is 10.0 Å². The fourth-order valence-corrected chi connectivity index (χ4v) is 6.40. The van der Waals surface area contributed by atoms with Crippen molar-refractivity contribution in [1.82, 2.24) is 4.98 Å². The van der Waals surface area contributed by atoms with E-state index >= 15 is 0 Å². The average Bonchev–Trinajstić information content (AvgIpc) is 3.20. The standard InChI is InChI=1S/C25H29N3O6S2/c1-15-12-19(29)5-6-20(15)28-36(31,32)22-14-18(4-7-21(22)33-3)24-16(2)26-25(35-24)27-23(30)13-17-8-10-34-11-9-17/h4-7,12,14,17,28-29H,8-11,13H2,1-3H3,(H,26,27,30). The molecule has 1 aliphatic heterocycles. The molecule has 3 aromatic rings. The van der Waals surface area contributed by atoms with Gasteiger partial charge in [0.1, 0.15) is 16.4 Å². The number of phenolic OH excluding ortho intramolecular Hbond substituents is 1. The van der Waals surface area contributed by atoms with Gasteiger partial charge >= 0.3 is 0 Å². The normalized spacial score (nSPS) is 14.4. The summed E-state index contributed by atoms with van der Waals surface area (Å²) in [4.78, 5) is 17.7. The number of nitrogens with zero attached hydrogens (tertiary/aromatic N) is 1. The van der Waals surface area contributed by atoms with E-state index in [1.807, 2.05) is 6.92 Å². The number of thiazole rings is 1. The zero-order chi connectivity index (χ0) is 25.9. The topological polar surface area (TPSA) is 127 Å². The molecule has 2 aromatic carbocycles. The lowest BCUT2D eigenvalue weighted by molar-refractivity contribution is -0.117. The van der Waals surface area contributed by atoms with Gasteiger partial charge in [-0.1, -0.05) is 11.3 Å². The molecular weight excluding hydrogens is 502 g/mol. The highest BCUT2D eigenvalue weighted by atomic mass is 32.2. The molecule has 1 amide bonds. The van der Waals surface area contributed by atoms with E-state index in [9.17, 15) is 18.3 Å². The Bertz CT molecular complexity index is 1360. The Balaban J connectivity index is 1.58. The van der Waals surface area contributed by atoms with E-state index in [2.05, 4.69) is 15.0 Å². The monoisotopic (exact) mass is 531 g/mol. The summed E-state index contributed by atoms with van der Waals surface area (Å²) in [7, 11) is -2.61. The van der Waals surface area contributed by atoms with Crippen LogP contribution in [-0.4, -0.2) is 44.7 Å². The van der Waals surface area contributed by atoms with Crippen molar-refractivity contribution in [2.75, 3.05) is 30.4 Å². The fraction of sp³-hybridized carbons (Fsp3) is 0.360. The van der Waals surface area contributed by atoms with E-state index in [1.54, 1.807) is 19.1 Å². The van der Waals surface area contributed by atoms with Gasteiger partial charge in [-0.15, -0.1) is 0 Å². The number of amides is 1. The van der Waals surface area contributed by atoms with E-state index in [0.717, 1.165) is 17.7 Å². The molecule has 0 spiro atoms. The van der Waals surface area contributed by atoms with Crippen LogP contribution in [0.15, 0.2) is 41.3 Å². The third-order valence-electron chi connectivity index (χ3n) is 6.03. The van der Waals surface area contributed by atoms with E-state index in [-0.39, 0.29) is 22.3 Å². The highest BCUT2D eigenvalue weighted by Gasteiger charge is 2.23. The summed E-state index contributed by atoms with van der Waals surface area (Å²) in [5.41, 5.74) is 2.24. The first-order chi connectivity index (χ1) is 17.2. The minimum atomic E-state index is -4.02. The van der Waals surface area contributed by atoms with Crippen molar-refractivity contribution in [2.45, 2.75) is 38.0 Å². The number of ether oxygens (including phenoxy) is 2. The Morgan fingerprint density at radius 1 is 1.19 bits per heavy atom. The highest BCUT2D eigenvalue weighted by Crippen LogP contribution is 2.37. The number of sulfonamides is 1. The lowest BCUT2D eigenvalue weighted by atomic mass is 9.96. The van der Waals surface area contributed by atoms with Crippen molar-refractivity contribution < 1.29 is 27.8 Å². The van der Waals surface area contributed by atoms with Crippen molar-refractivity contribution in [3.05, 3.63) is 47.7 Å². The molecule has 0 aliphatic carbocycles. The molecule has 36 heavy (non-hydrogen) atoms. The number of aromatic hydroxyl groups is 1. The molecule has 0 atom stereocenters. The second-order valence-corrected chi connectivity index (χ2v) is 11.4. The van der Waals surface area contributed by atoms with Crippen LogP contribution < -0.4 is 14.8 Å². The molecule has 0 bridgehead atoms. The minimum absolute atomic E-state index is 0.0344. The van der Waals surface area contributed by atoms with Gasteiger partial charge in [0.2, 0.25) is 5.91 Å². The zero-order valence-electron chi connectivity index (χ0n) is 20.3. The number of hydrogen-bond donors (Lipinski definition) is 3. The summed E-state index contributed by atoms with van der Waals surface area (Å²) in [6.45, 7) is 4.88. The van der Waals surface area contributed by atoms with Crippen molar-refractivity contribution in [3.63, 3.8) is 0 Å². The van der Waals surface area contributed by atoms with Gasteiger partial charge in [-0.05, 0) is 80.1 Å². The Labute approximate surface area is 214 Å². The number of benzene rings is 2. The molecule has 1 aliphatic rings. The average molecular weight is 532 g/mol. The van der Waals surface area contributed by atoms with Crippen molar-refractivity contribution in [3.8, 4) is 21.9 Å².